The summed E-state index contributed by atoms with van der Waals surface area (Å²) in [5.74, 6) is -0.0220. The Morgan fingerprint density at radius 1 is 1.10 bits per heavy atom. The molecule has 0 heterocycles. The van der Waals surface area contributed by atoms with Gasteiger partial charge in [0.15, 0.2) is 0 Å². The normalized spacial score (nSPS) is 15.6. The smallest absolute Gasteiger partial charge is 0.255 e. The van der Waals surface area contributed by atoms with Crippen LogP contribution in [0.4, 0.5) is 5.69 Å². The Hall–Kier alpha value is -2.09. The lowest BCUT2D eigenvalue weighted by atomic mass is 9.86. The molecule has 108 valence electrons. The minimum absolute atomic E-state index is 0.0220. The fraction of sp³-hybridized carbons (Fsp3) is 0.316. The van der Waals surface area contributed by atoms with Gasteiger partial charge < -0.3 is 5.32 Å². The lowest BCUT2D eigenvalue weighted by molar-refractivity contribution is 0.102. The Kier molecular flexibility index (Phi) is 3.32. The Morgan fingerprint density at radius 3 is 2.62 bits per heavy atom. The number of benzene rings is 2. The highest BCUT2D eigenvalue weighted by Gasteiger charge is 2.31. The molecule has 1 aliphatic carbocycles. The van der Waals surface area contributed by atoms with E-state index in [4.69, 9.17) is 0 Å². The van der Waals surface area contributed by atoms with E-state index in [-0.39, 0.29) is 11.3 Å². The number of rotatable bonds is 2. The molecule has 0 atom stereocenters. The summed E-state index contributed by atoms with van der Waals surface area (Å²) >= 11 is 0. The maximum absolute atomic E-state index is 12.5. The molecule has 0 saturated heterocycles. The minimum atomic E-state index is -0.0220. The SMILES string of the molecule is Cc1ccccc1C(=O)Nc1cccc2c1CCC2(C)C. The van der Waals surface area contributed by atoms with Crippen molar-refractivity contribution in [2.45, 2.75) is 39.0 Å². The highest BCUT2D eigenvalue weighted by Crippen LogP contribution is 2.41. The quantitative estimate of drug-likeness (QED) is 0.863. The Bertz CT molecular complexity index is 700. The topological polar surface area (TPSA) is 29.1 Å². The van der Waals surface area contributed by atoms with Crippen LogP contribution >= 0.6 is 0 Å². The van der Waals surface area contributed by atoms with Crippen molar-refractivity contribution in [3.05, 3.63) is 64.7 Å². The monoisotopic (exact) mass is 279 g/mol. The van der Waals surface area contributed by atoms with E-state index in [1.807, 2.05) is 43.3 Å². The van der Waals surface area contributed by atoms with Gasteiger partial charge in [-0.25, -0.2) is 0 Å². The summed E-state index contributed by atoms with van der Waals surface area (Å²) in [5.41, 5.74) is 5.58. The first kappa shape index (κ1) is 13.9. The molecule has 0 aliphatic heterocycles. The van der Waals surface area contributed by atoms with Gasteiger partial charge in [-0.3, -0.25) is 4.79 Å². The van der Waals surface area contributed by atoms with Gasteiger partial charge in [-0.05, 0) is 54.0 Å². The van der Waals surface area contributed by atoms with Crippen LogP contribution in [0.5, 0.6) is 0 Å². The number of fused-ring (bicyclic) bond motifs is 1. The molecule has 0 aromatic heterocycles. The molecule has 0 spiro atoms. The van der Waals surface area contributed by atoms with Gasteiger partial charge in [0.2, 0.25) is 0 Å². The fourth-order valence-corrected chi connectivity index (χ4v) is 3.20. The van der Waals surface area contributed by atoms with Gasteiger partial charge in [0, 0.05) is 11.3 Å². The van der Waals surface area contributed by atoms with Crippen LogP contribution < -0.4 is 5.32 Å². The van der Waals surface area contributed by atoms with E-state index in [1.54, 1.807) is 0 Å². The molecule has 2 nitrogen and oxygen atoms in total. The Balaban J connectivity index is 1.92. The van der Waals surface area contributed by atoms with Crippen molar-refractivity contribution in [2.24, 2.45) is 0 Å². The second-order valence-electron chi connectivity index (χ2n) is 6.48. The first-order valence-corrected chi connectivity index (χ1v) is 7.48. The van der Waals surface area contributed by atoms with Crippen LogP contribution in [0, 0.1) is 6.92 Å². The number of amides is 1. The molecule has 0 radical (unpaired) electrons. The highest BCUT2D eigenvalue weighted by atomic mass is 16.1. The minimum Gasteiger partial charge on any atom is -0.322 e. The van der Waals surface area contributed by atoms with Crippen LogP contribution in [0.2, 0.25) is 0 Å². The van der Waals surface area contributed by atoms with Crippen molar-refractivity contribution < 1.29 is 4.79 Å². The number of carbonyl (C=O) groups excluding carboxylic acids is 1. The third kappa shape index (κ3) is 2.46. The Labute approximate surface area is 126 Å². The van der Waals surface area contributed by atoms with Crippen LogP contribution in [0.3, 0.4) is 0 Å². The summed E-state index contributed by atoms with van der Waals surface area (Å²) < 4.78 is 0. The van der Waals surface area contributed by atoms with E-state index in [0.717, 1.165) is 29.7 Å². The van der Waals surface area contributed by atoms with Gasteiger partial charge in [-0.15, -0.1) is 0 Å². The summed E-state index contributed by atoms with van der Waals surface area (Å²) in [6.45, 7) is 6.50. The summed E-state index contributed by atoms with van der Waals surface area (Å²) in [5, 5.41) is 3.10. The van der Waals surface area contributed by atoms with Crippen molar-refractivity contribution in [3.8, 4) is 0 Å². The molecule has 3 rings (SSSR count). The molecule has 1 aliphatic rings. The van der Waals surface area contributed by atoms with Crippen LogP contribution in [0.15, 0.2) is 42.5 Å². The molecule has 1 N–H and O–H groups in total. The molecule has 0 unspecified atom stereocenters. The van der Waals surface area contributed by atoms with Crippen LogP contribution in [-0.2, 0) is 11.8 Å². The third-order valence-electron chi connectivity index (χ3n) is 4.54. The number of anilines is 1. The summed E-state index contributed by atoms with van der Waals surface area (Å²) in [4.78, 5) is 12.5. The molecule has 0 fully saturated rings. The molecule has 0 saturated carbocycles. The van der Waals surface area contributed by atoms with Gasteiger partial charge in [0.1, 0.15) is 0 Å². The van der Waals surface area contributed by atoms with Gasteiger partial charge in [-0.1, -0.05) is 44.2 Å². The van der Waals surface area contributed by atoms with Crippen LogP contribution in [0.1, 0.15) is 47.3 Å². The zero-order valence-electron chi connectivity index (χ0n) is 12.9. The fourth-order valence-electron chi connectivity index (χ4n) is 3.20. The number of hydrogen-bond donors (Lipinski definition) is 1. The molecule has 2 heteroatoms. The van der Waals surface area contributed by atoms with Crippen molar-refractivity contribution in [1.82, 2.24) is 0 Å². The van der Waals surface area contributed by atoms with Gasteiger partial charge >= 0.3 is 0 Å². The van der Waals surface area contributed by atoms with Gasteiger partial charge in [0.25, 0.3) is 5.91 Å². The zero-order chi connectivity index (χ0) is 15.0. The maximum Gasteiger partial charge on any atom is 0.255 e. The predicted octanol–water partition coefficient (Wildman–Crippen LogP) is 4.47. The van der Waals surface area contributed by atoms with Crippen molar-refractivity contribution in [1.29, 1.82) is 0 Å². The van der Waals surface area contributed by atoms with Crippen molar-refractivity contribution in [3.63, 3.8) is 0 Å². The molecule has 2 aromatic rings. The molecular weight excluding hydrogens is 258 g/mol. The van der Waals surface area contributed by atoms with Crippen LogP contribution in [0.25, 0.3) is 0 Å². The highest BCUT2D eigenvalue weighted by molar-refractivity contribution is 6.05. The standard InChI is InChI=1S/C19H21NO/c1-13-7-4-5-8-14(13)18(21)20-17-10-6-9-16-15(17)11-12-19(16,2)3/h4-10H,11-12H2,1-3H3,(H,20,21). The first-order chi connectivity index (χ1) is 9.99. The number of hydrogen-bond acceptors (Lipinski definition) is 1. The van der Waals surface area contributed by atoms with E-state index >= 15 is 0 Å². The van der Waals surface area contributed by atoms with E-state index in [1.165, 1.54) is 11.1 Å². The van der Waals surface area contributed by atoms with E-state index in [0.29, 0.717) is 0 Å². The molecule has 0 bridgehead atoms. The van der Waals surface area contributed by atoms with Gasteiger partial charge in [0.05, 0.1) is 0 Å². The first-order valence-electron chi connectivity index (χ1n) is 7.48. The van der Waals surface area contributed by atoms with E-state index < -0.39 is 0 Å². The third-order valence-corrected chi connectivity index (χ3v) is 4.54. The second kappa shape index (κ2) is 5.03. The summed E-state index contributed by atoms with van der Waals surface area (Å²) in [6, 6.07) is 13.9. The lowest BCUT2D eigenvalue weighted by Crippen LogP contribution is -2.15. The summed E-state index contributed by atoms with van der Waals surface area (Å²) in [6.07, 6.45) is 2.17. The number of carbonyl (C=O) groups is 1. The summed E-state index contributed by atoms with van der Waals surface area (Å²) in [7, 11) is 0. The molecule has 21 heavy (non-hydrogen) atoms. The maximum atomic E-state index is 12.5. The average molecular weight is 279 g/mol. The average Bonchev–Trinajstić information content (AvgIpc) is 2.76. The number of nitrogens with one attached hydrogen (secondary N) is 1. The second-order valence-corrected chi connectivity index (χ2v) is 6.48. The molecular formula is C19H21NO. The molecule has 2 aromatic carbocycles. The van der Waals surface area contributed by atoms with Crippen LogP contribution in [-0.4, -0.2) is 5.91 Å². The lowest BCUT2D eigenvalue weighted by Gasteiger charge is -2.19. The Morgan fingerprint density at radius 2 is 1.86 bits per heavy atom. The number of aryl methyl sites for hydroxylation is 1. The van der Waals surface area contributed by atoms with Gasteiger partial charge in [-0.2, -0.15) is 0 Å². The van der Waals surface area contributed by atoms with E-state index in [2.05, 4.69) is 25.2 Å². The van der Waals surface area contributed by atoms with E-state index in [9.17, 15) is 4.79 Å². The largest absolute Gasteiger partial charge is 0.322 e. The van der Waals surface area contributed by atoms with Crippen molar-refractivity contribution in [2.75, 3.05) is 5.32 Å². The molecule has 1 amide bonds. The van der Waals surface area contributed by atoms with Crippen molar-refractivity contribution >= 4 is 11.6 Å². The zero-order valence-corrected chi connectivity index (χ0v) is 12.9. The predicted molar refractivity (Wildman–Crippen MR) is 86.9 cm³/mol.